The largest absolute Gasteiger partial charge is 0.488 e. The van der Waals surface area contributed by atoms with Gasteiger partial charge in [0, 0.05) is 11.8 Å². The van der Waals surface area contributed by atoms with E-state index in [0.29, 0.717) is 13.2 Å². The molecule has 0 unspecified atom stereocenters. The van der Waals surface area contributed by atoms with E-state index in [0.717, 1.165) is 34.9 Å². The molecule has 96 valence electrons. The second-order valence-electron chi connectivity index (χ2n) is 4.38. The van der Waals surface area contributed by atoms with Crippen LogP contribution in [0.4, 0.5) is 0 Å². The lowest BCUT2D eigenvalue weighted by atomic mass is 10.0. The molecule has 1 aliphatic carbocycles. The van der Waals surface area contributed by atoms with E-state index in [1.165, 1.54) is 0 Å². The summed E-state index contributed by atoms with van der Waals surface area (Å²) < 4.78 is 5.84. The van der Waals surface area contributed by atoms with Gasteiger partial charge in [0.2, 0.25) is 0 Å². The molecule has 3 aliphatic heterocycles. The summed E-state index contributed by atoms with van der Waals surface area (Å²) in [5.74, 6) is 0.820. The highest BCUT2D eigenvalue weighted by Gasteiger charge is 2.29. The number of hydrogen-bond acceptors (Lipinski definition) is 6. The van der Waals surface area contributed by atoms with Gasteiger partial charge in [-0.3, -0.25) is 10.3 Å². The first kappa shape index (κ1) is 10.6. The monoisotopic (exact) mass is 256 g/mol. The second kappa shape index (κ2) is 4.10. The minimum atomic E-state index is 0.516. The van der Waals surface area contributed by atoms with E-state index >= 15 is 0 Å². The molecule has 0 saturated carbocycles. The number of nitrogens with zero attached hydrogens (tertiary/aromatic N) is 3. The molecule has 0 saturated heterocycles. The zero-order valence-corrected chi connectivity index (χ0v) is 10.2. The van der Waals surface area contributed by atoms with Crippen LogP contribution in [0.5, 0.6) is 0 Å². The number of hydrazone groups is 1. The van der Waals surface area contributed by atoms with E-state index in [-0.39, 0.29) is 0 Å². The third-order valence-corrected chi connectivity index (χ3v) is 3.24. The normalized spacial score (nSPS) is 24.0. The molecule has 0 bridgehead atoms. The van der Waals surface area contributed by atoms with Crippen molar-refractivity contribution in [2.75, 3.05) is 13.2 Å². The lowest BCUT2D eigenvalue weighted by Crippen LogP contribution is -2.25. The number of hydrogen-bond donors (Lipinski definition) is 1. The van der Waals surface area contributed by atoms with Crippen LogP contribution in [0, 0.1) is 0 Å². The Morgan fingerprint density at radius 1 is 1.26 bits per heavy atom. The van der Waals surface area contributed by atoms with Crippen molar-refractivity contribution in [3.05, 3.63) is 47.2 Å². The molecule has 0 amide bonds. The van der Waals surface area contributed by atoms with Crippen molar-refractivity contribution in [3.8, 4) is 0 Å². The molecule has 6 heteroatoms. The van der Waals surface area contributed by atoms with Crippen molar-refractivity contribution in [1.82, 2.24) is 10.5 Å². The highest BCUT2D eigenvalue weighted by Crippen LogP contribution is 2.33. The first-order valence-electron chi connectivity index (χ1n) is 6.16. The molecule has 19 heavy (non-hydrogen) atoms. The van der Waals surface area contributed by atoms with E-state index in [9.17, 15) is 0 Å². The quantitative estimate of drug-likeness (QED) is 0.707. The molecule has 0 aromatic rings. The number of allylic oxidation sites excluding steroid dienone is 4. The third-order valence-electron chi connectivity index (χ3n) is 3.24. The minimum absolute atomic E-state index is 0.516. The van der Waals surface area contributed by atoms with E-state index < -0.39 is 0 Å². The van der Waals surface area contributed by atoms with E-state index in [2.05, 4.69) is 21.6 Å². The number of fused-ring (bicyclic) bond motifs is 1. The van der Waals surface area contributed by atoms with Crippen molar-refractivity contribution in [1.29, 1.82) is 0 Å². The summed E-state index contributed by atoms with van der Waals surface area (Å²) in [4.78, 5) is 9.63. The number of aliphatic imine (C=N–C) groups is 1. The fourth-order valence-electron chi connectivity index (χ4n) is 2.43. The molecule has 0 radical (unpaired) electrons. The van der Waals surface area contributed by atoms with Crippen LogP contribution >= 0.6 is 0 Å². The second-order valence-corrected chi connectivity index (χ2v) is 4.38. The third kappa shape index (κ3) is 1.61. The molecular formula is C13H12N4O2. The Kier molecular flexibility index (Phi) is 2.28. The molecule has 6 nitrogen and oxygen atoms in total. The Morgan fingerprint density at radius 3 is 3.26 bits per heavy atom. The van der Waals surface area contributed by atoms with Crippen molar-refractivity contribution in [3.63, 3.8) is 0 Å². The van der Waals surface area contributed by atoms with E-state index in [4.69, 9.17) is 9.57 Å². The van der Waals surface area contributed by atoms with Crippen molar-refractivity contribution in [2.24, 2.45) is 10.1 Å². The average Bonchev–Trinajstić information content (AvgIpc) is 2.76. The van der Waals surface area contributed by atoms with Gasteiger partial charge in [0.25, 0.3) is 0 Å². The van der Waals surface area contributed by atoms with Gasteiger partial charge >= 0.3 is 0 Å². The number of ether oxygens (including phenoxy) is 1. The molecule has 4 rings (SSSR count). The topological polar surface area (TPSA) is 58.5 Å². The SMILES string of the molecule is C1=CN2N=CN=C3C=CC4=C(OCCON4)C(=C32)C1. The van der Waals surface area contributed by atoms with Gasteiger partial charge < -0.3 is 4.74 Å². The Hall–Kier alpha value is -2.34. The average molecular weight is 256 g/mol. The Labute approximate surface area is 110 Å². The number of nitrogens with one attached hydrogen (secondary N) is 1. The van der Waals surface area contributed by atoms with Crippen LogP contribution < -0.4 is 5.48 Å². The maximum absolute atomic E-state index is 5.84. The highest BCUT2D eigenvalue weighted by atomic mass is 16.7. The first-order valence-corrected chi connectivity index (χ1v) is 6.16. The molecule has 3 heterocycles. The molecule has 0 atom stereocenters. The van der Waals surface area contributed by atoms with Gasteiger partial charge in [-0.25, -0.2) is 10.0 Å². The maximum atomic E-state index is 5.84. The van der Waals surface area contributed by atoms with Gasteiger partial charge in [0.1, 0.15) is 25.2 Å². The highest BCUT2D eigenvalue weighted by molar-refractivity contribution is 6.13. The van der Waals surface area contributed by atoms with Crippen LogP contribution in [0.15, 0.2) is 57.2 Å². The van der Waals surface area contributed by atoms with E-state index in [1.807, 2.05) is 23.4 Å². The maximum Gasteiger partial charge on any atom is 0.150 e. The van der Waals surface area contributed by atoms with Gasteiger partial charge in [-0.05, 0) is 18.6 Å². The van der Waals surface area contributed by atoms with Crippen molar-refractivity contribution >= 4 is 12.1 Å². The zero-order chi connectivity index (χ0) is 12.7. The number of hydroxylamine groups is 1. The molecule has 0 aromatic heterocycles. The van der Waals surface area contributed by atoms with Crippen LogP contribution in [0.3, 0.4) is 0 Å². The van der Waals surface area contributed by atoms with Crippen LogP contribution in [0.25, 0.3) is 0 Å². The Bertz CT molecular complexity index is 610. The lowest BCUT2D eigenvalue weighted by molar-refractivity contribution is 0.0486. The molecule has 0 spiro atoms. The summed E-state index contributed by atoms with van der Waals surface area (Å²) in [6.07, 6.45) is 10.2. The van der Waals surface area contributed by atoms with Gasteiger partial charge in [0.05, 0.1) is 11.4 Å². The molecule has 0 fully saturated rings. The Morgan fingerprint density at radius 2 is 2.26 bits per heavy atom. The van der Waals surface area contributed by atoms with Crippen molar-refractivity contribution < 1.29 is 9.57 Å². The molecule has 1 N–H and O–H groups in total. The fraction of sp³-hybridized carbons (Fsp3) is 0.231. The van der Waals surface area contributed by atoms with Crippen LogP contribution in [-0.2, 0) is 9.57 Å². The zero-order valence-electron chi connectivity index (χ0n) is 10.2. The smallest absolute Gasteiger partial charge is 0.150 e. The van der Waals surface area contributed by atoms with Crippen molar-refractivity contribution in [2.45, 2.75) is 6.42 Å². The molecule has 0 aromatic carbocycles. The predicted molar refractivity (Wildman–Crippen MR) is 69.8 cm³/mol. The summed E-state index contributed by atoms with van der Waals surface area (Å²) in [5, 5.41) is 6.08. The van der Waals surface area contributed by atoms with Gasteiger partial charge in [-0.1, -0.05) is 6.08 Å². The Balaban J connectivity index is 1.91. The summed E-state index contributed by atoms with van der Waals surface area (Å²) >= 11 is 0. The summed E-state index contributed by atoms with van der Waals surface area (Å²) in [5.41, 5.74) is 6.70. The number of rotatable bonds is 0. The van der Waals surface area contributed by atoms with Gasteiger partial charge in [-0.2, -0.15) is 5.10 Å². The van der Waals surface area contributed by atoms with E-state index in [1.54, 1.807) is 6.34 Å². The first-order chi connectivity index (χ1) is 9.43. The predicted octanol–water partition coefficient (Wildman–Crippen LogP) is 1.19. The summed E-state index contributed by atoms with van der Waals surface area (Å²) in [6.45, 7) is 1.04. The molecule has 4 aliphatic rings. The van der Waals surface area contributed by atoms with Gasteiger partial charge in [0.15, 0.2) is 5.76 Å². The van der Waals surface area contributed by atoms with Gasteiger partial charge in [-0.15, -0.1) is 0 Å². The van der Waals surface area contributed by atoms with Crippen LogP contribution in [0.2, 0.25) is 0 Å². The van der Waals surface area contributed by atoms with Crippen LogP contribution in [0.1, 0.15) is 6.42 Å². The summed E-state index contributed by atoms with van der Waals surface area (Å²) in [7, 11) is 0. The molecular weight excluding hydrogens is 244 g/mol. The standard InChI is InChI=1S/C13H12N4O2/c1-2-9-12-10(14-8-15-17(12)5-1)3-4-11-13(9)18-6-7-19-16-11/h1,3-5,8,16H,2,6-7H2. The fourth-order valence-corrected chi connectivity index (χ4v) is 2.43. The summed E-state index contributed by atoms with van der Waals surface area (Å²) in [6, 6.07) is 0. The van der Waals surface area contributed by atoms with Crippen LogP contribution in [-0.4, -0.2) is 30.3 Å². The minimum Gasteiger partial charge on any atom is -0.488 e. The lowest BCUT2D eigenvalue weighted by Gasteiger charge is -2.27.